The summed E-state index contributed by atoms with van der Waals surface area (Å²) in [6.07, 6.45) is 35.3. The van der Waals surface area contributed by atoms with E-state index in [2.05, 4.69) is 19.6 Å². The van der Waals surface area contributed by atoms with Crippen LogP contribution < -0.4 is 0 Å². The number of allylic oxidation sites excluding steroid dienone is 17. The Morgan fingerprint density at radius 3 is 1.30 bits per heavy atom. The second-order valence-electron chi connectivity index (χ2n) is 3.65. The molecule has 0 aliphatic carbocycles. The zero-order valence-electron chi connectivity index (χ0n) is 12.2. The van der Waals surface area contributed by atoms with Crippen molar-refractivity contribution in [1.29, 1.82) is 0 Å². The molecule has 0 spiro atoms. The van der Waals surface area contributed by atoms with Gasteiger partial charge in [-0.05, 0) is 13.0 Å². The second kappa shape index (κ2) is 16.6. The first-order valence-corrected chi connectivity index (χ1v) is 6.76. The van der Waals surface area contributed by atoms with Crippen LogP contribution in [0.3, 0.4) is 0 Å². The molecule has 0 fully saturated rings. The second-order valence-corrected chi connectivity index (χ2v) is 3.65. The van der Waals surface area contributed by atoms with Gasteiger partial charge < -0.3 is 0 Å². The summed E-state index contributed by atoms with van der Waals surface area (Å²) in [6, 6.07) is 0. The van der Waals surface area contributed by atoms with Gasteiger partial charge in [0.1, 0.15) is 0 Å². The summed E-state index contributed by atoms with van der Waals surface area (Å²) in [5.74, 6) is 0. The first kappa shape index (κ1) is 17.6. The highest BCUT2D eigenvalue weighted by molar-refractivity contribution is 5.21. The molecule has 0 amide bonds. The lowest BCUT2D eigenvalue weighted by Crippen LogP contribution is -1.54. The molecule has 0 atom stereocenters. The van der Waals surface area contributed by atoms with E-state index in [-0.39, 0.29) is 0 Å². The Labute approximate surface area is 123 Å². The highest BCUT2D eigenvalue weighted by Crippen LogP contribution is 1.86. The zero-order valence-corrected chi connectivity index (χ0v) is 12.2. The summed E-state index contributed by atoms with van der Waals surface area (Å²) in [5, 5.41) is 0. The third-order valence-electron chi connectivity index (χ3n) is 2.00. The third kappa shape index (κ3) is 15.6. The van der Waals surface area contributed by atoms with Crippen molar-refractivity contribution >= 4 is 0 Å². The molecule has 0 aromatic rings. The predicted molar refractivity (Wildman–Crippen MR) is 92.3 cm³/mol. The molecule has 0 aliphatic heterocycles. The van der Waals surface area contributed by atoms with Crippen molar-refractivity contribution < 1.29 is 0 Å². The van der Waals surface area contributed by atoms with Crippen LogP contribution in [0.1, 0.15) is 13.3 Å². The summed E-state index contributed by atoms with van der Waals surface area (Å²) >= 11 is 0. The van der Waals surface area contributed by atoms with E-state index in [4.69, 9.17) is 0 Å². The van der Waals surface area contributed by atoms with Crippen LogP contribution in [0.2, 0.25) is 0 Å². The van der Waals surface area contributed by atoms with Gasteiger partial charge in [-0.15, -0.1) is 0 Å². The van der Waals surface area contributed by atoms with Crippen molar-refractivity contribution in [2.45, 2.75) is 13.3 Å². The molecule has 0 heteroatoms. The lowest BCUT2D eigenvalue weighted by molar-refractivity contribution is 1.19. The topological polar surface area (TPSA) is 0 Å². The minimum absolute atomic E-state index is 0.950. The average Bonchev–Trinajstić information content (AvgIpc) is 2.47. The SMILES string of the molecule is C=CC=CC=CC=CC=CC=CC=CC=CC=[C+]CC. The lowest BCUT2D eigenvalue weighted by atomic mass is 10.3. The van der Waals surface area contributed by atoms with Crippen LogP contribution in [0, 0.1) is 6.08 Å². The molecule has 0 aromatic heterocycles. The highest BCUT2D eigenvalue weighted by Gasteiger charge is 1.74. The van der Waals surface area contributed by atoms with E-state index in [0.717, 1.165) is 6.42 Å². The van der Waals surface area contributed by atoms with Crippen LogP contribution >= 0.6 is 0 Å². The lowest BCUT2D eigenvalue weighted by Gasteiger charge is -1.74. The van der Waals surface area contributed by atoms with E-state index in [0.29, 0.717) is 0 Å². The molecule has 0 aliphatic rings. The molecular weight excluding hydrogens is 240 g/mol. The molecule has 0 rings (SSSR count). The Balaban J connectivity index is 3.83. The van der Waals surface area contributed by atoms with Crippen LogP contribution in [0.4, 0.5) is 0 Å². The summed E-state index contributed by atoms with van der Waals surface area (Å²) in [5.41, 5.74) is 0. The first-order chi connectivity index (χ1) is 9.91. The molecule has 102 valence electrons. The molecule has 20 heavy (non-hydrogen) atoms. The van der Waals surface area contributed by atoms with Crippen LogP contribution in [-0.4, -0.2) is 0 Å². The van der Waals surface area contributed by atoms with Crippen molar-refractivity contribution in [3.8, 4) is 0 Å². The molecule has 0 aromatic carbocycles. The first-order valence-electron chi connectivity index (χ1n) is 6.76. The maximum atomic E-state index is 3.60. The molecule has 0 N–H and O–H groups in total. The molecule has 0 nitrogen and oxygen atoms in total. The van der Waals surface area contributed by atoms with Gasteiger partial charge in [0.15, 0.2) is 6.08 Å². The monoisotopic (exact) mass is 263 g/mol. The Morgan fingerprint density at radius 2 is 0.950 bits per heavy atom. The van der Waals surface area contributed by atoms with E-state index in [9.17, 15) is 0 Å². The molecule has 0 unspecified atom stereocenters. The zero-order chi connectivity index (χ0) is 14.7. The fraction of sp³-hybridized carbons (Fsp3) is 0.100. The number of hydrogen-bond acceptors (Lipinski definition) is 0. The van der Waals surface area contributed by atoms with Gasteiger partial charge in [-0.25, -0.2) is 0 Å². The fourth-order valence-corrected chi connectivity index (χ4v) is 1.09. The maximum absolute atomic E-state index is 3.60. The van der Waals surface area contributed by atoms with Gasteiger partial charge >= 0.3 is 0 Å². The smallest absolute Gasteiger partial charge is 0.0991 e. The van der Waals surface area contributed by atoms with Crippen molar-refractivity contribution in [2.24, 2.45) is 0 Å². The minimum Gasteiger partial charge on any atom is -0.0991 e. The molecule has 0 saturated carbocycles. The summed E-state index contributed by atoms with van der Waals surface area (Å²) < 4.78 is 0. The third-order valence-corrected chi connectivity index (χ3v) is 2.00. The van der Waals surface area contributed by atoms with Gasteiger partial charge in [-0.3, -0.25) is 0 Å². The van der Waals surface area contributed by atoms with E-state index in [1.165, 1.54) is 0 Å². The molecule has 0 bridgehead atoms. The summed E-state index contributed by atoms with van der Waals surface area (Å²) in [6.45, 7) is 5.66. The quantitative estimate of drug-likeness (QED) is 0.362. The minimum atomic E-state index is 0.950. The van der Waals surface area contributed by atoms with Crippen molar-refractivity contribution in [1.82, 2.24) is 0 Å². The van der Waals surface area contributed by atoms with Crippen LogP contribution in [0.25, 0.3) is 0 Å². The predicted octanol–water partition coefficient (Wildman–Crippen LogP) is 5.84. The van der Waals surface area contributed by atoms with Gasteiger partial charge in [0.2, 0.25) is 0 Å². The van der Waals surface area contributed by atoms with Gasteiger partial charge in [0.25, 0.3) is 0 Å². The number of hydrogen-bond donors (Lipinski definition) is 0. The van der Waals surface area contributed by atoms with E-state index in [1.54, 1.807) is 6.08 Å². The van der Waals surface area contributed by atoms with Gasteiger partial charge in [-0.2, -0.15) is 0 Å². The summed E-state index contributed by atoms with van der Waals surface area (Å²) in [4.78, 5) is 0. The molecule has 0 radical (unpaired) electrons. The van der Waals surface area contributed by atoms with E-state index in [1.807, 2.05) is 91.1 Å². The standard InChI is InChI=1S/C20H23/c1-3-5-7-9-11-13-15-17-19-20-18-16-14-12-10-8-6-4-2/h3,5,7-20H,1,4H2,2H3/q+1. The number of rotatable bonds is 9. The Hall–Kier alpha value is -2.43. The van der Waals surface area contributed by atoms with Gasteiger partial charge in [0.05, 0.1) is 18.6 Å². The van der Waals surface area contributed by atoms with Gasteiger partial charge in [0, 0.05) is 6.08 Å². The van der Waals surface area contributed by atoms with E-state index >= 15 is 0 Å². The normalized spacial score (nSPS) is 13.7. The van der Waals surface area contributed by atoms with Crippen molar-refractivity contribution in [2.75, 3.05) is 0 Å². The molecule has 0 saturated heterocycles. The largest absolute Gasteiger partial charge is 0.154 e. The Morgan fingerprint density at radius 1 is 0.600 bits per heavy atom. The Bertz CT molecular complexity index is 446. The van der Waals surface area contributed by atoms with E-state index < -0.39 is 0 Å². The van der Waals surface area contributed by atoms with Crippen molar-refractivity contribution in [3.05, 3.63) is 110 Å². The fourth-order valence-electron chi connectivity index (χ4n) is 1.09. The maximum Gasteiger partial charge on any atom is 0.154 e. The van der Waals surface area contributed by atoms with Crippen LogP contribution in [0.15, 0.2) is 104 Å². The van der Waals surface area contributed by atoms with Crippen molar-refractivity contribution in [3.63, 3.8) is 0 Å². The highest BCUT2D eigenvalue weighted by atomic mass is 13.7. The van der Waals surface area contributed by atoms with Crippen LogP contribution in [-0.2, 0) is 0 Å². The average molecular weight is 263 g/mol. The van der Waals surface area contributed by atoms with Gasteiger partial charge in [-0.1, -0.05) is 79.5 Å². The Kier molecular flexibility index (Phi) is 14.6. The van der Waals surface area contributed by atoms with Crippen LogP contribution in [0.5, 0.6) is 0 Å². The molecule has 0 heterocycles. The molecular formula is C20H23+. The summed E-state index contributed by atoms with van der Waals surface area (Å²) in [7, 11) is 0.